The number of carbonyl (C=O) groups is 1. The molecule has 4 nitrogen and oxygen atoms in total. The normalized spacial score (nSPS) is 10.1. The molecule has 0 spiro atoms. The molecule has 0 saturated carbocycles. The highest BCUT2D eigenvalue weighted by molar-refractivity contribution is 5.95. The highest BCUT2D eigenvalue weighted by Crippen LogP contribution is 2.12. The number of nitrogens with one attached hydrogen (secondary N) is 1. The van der Waals surface area contributed by atoms with Gasteiger partial charge in [0, 0.05) is 11.8 Å². The summed E-state index contributed by atoms with van der Waals surface area (Å²) in [5.74, 6) is -0.0742. The number of aryl methyl sites for hydroxylation is 1. The Morgan fingerprint density at radius 2 is 2.11 bits per heavy atom. The molecule has 18 heavy (non-hydrogen) atoms. The molecule has 0 radical (unpaired) electrons. The smallest absolute Gasteiger partial charge is 0.251 e. The molecule has 0 fully saturated rings. The molecule has 0 unspecified atom stereocenters. The Bertz CT molecular complexity index is 552. The summed E-state index contributed by atoms with van der Waals surface area (Å²) < 4.78 is 0. The van der Waals surface area contributed by atoms with E-state index in [-0.39, 0.29) is 5.91 Å². The second kappa shape index (κ2) is 5.40. The van der Waals surface area contributed by atoms with Crippen LogP contribution in [0.25, 0.3) is 0 Å². The third kappa shape index (κ3) is 2.71. The van der Waals surface area contributed by atoms with Crippen molar-refractivity contribution in [3.8, 4) is 0 Å². The van der Waals surface area contributed by atoms with Crippen LogP contribution in [0.2, 0.25) is 0 Å². The van der Waals surface area contributed by atoms with Gasteiger partial charge in [0.05, 0.1) is 12.2 Å². The first-order valence-electron chi connectivity index (χ1n) is 5.78. The van der Waals surface area contributed by atoms with Crippen LogP contribution in [0.5, 0.6) is 0 Å². The zero-order valence-electron chi connectivity index (χ0n) is 10.5. The van der Waals surface area contributed by atoms with Gasteiger partial charge in [0.25, 0.3) is 5.91 Å². The molecule has 1 heterocycles. The van der Waals surface area contributed by atoms with Crippen LogP contribution < -0.4 is 5.32 Å². The SMILES string of the molecule is Cc1cccc(C(=O)NCc2ccncn2)c1C. The van der Waals surface area contributed by atoms with Crippen LogP contribution in [0.3, 0.4) is 0 Å². The minimum atomic E-state index is -0.0742. The maximum absolute atomic E-state index is 12.0. The molecule has 0 atom stereocenters. The predicted molar refractivity (Wildman–Crippen MR) is 69.1 cm³/mol. The number of hydrogen-bond acceptors (Lipinski definition) is 3. The second-order valence-electron chi connectivity index (χ2n) is 4.13. The van der Waals surface area contributed by atoms with E-state index in [4.69, 9.17) is 0 Å². The van der Waals surface area contributed by atoms with Gasteiger partial charge in [0.2, 0.25) is 0 Å². The number of nitrogens with zero attached hydrogens (tertiary/aromatic N) is 2. The van der Waals surface area contributed by atoms with Crippen LogP contribution in [-0.2, 0) is 6.54 Å². The number of aromatic nitrogens is 2. The van der Waals surface area contributed by atoms with E-state index in [1.54, 1.807) is 12.3 Å². The molecule has 2 aromatic rings. The van der Waals surface area contributed by atoms with Gasteiger partial charge in [-0.3, -0.25) is 4.79 Å². The highest BCUT2D eigenvalue weighted by atomic mass is 16.1. The molecule has 0 aliphatic carbocycles. The predicted octanol–water partition coefficient (Wildman–Crippen LogP) is 2.02. The van der Waals surface area contributed by atoms with E-state index in [9.17, 15) is 4.79 Å². The van der Waals surface area contributed by atoms with Gasteiger partial charge in [-0.25, -0.2) is 9.97 Å². The van der Waals surface area contributed by atoms with Crippen molar-refractivity contribution in [3.63, 3.8) is 0 Å². The standard InChI is InChI=1S/C14H15N3O/c1-10-4-3-5-13(11(10)2)14(18)16-8-12-6-7-15-9-17-12/h3-7,9H,8H2,1-2H3,(H,16,18). The average Bonchev–Trinajstić information content (AvgIpc) is 2.40. The lowest BCUT2D eigenvalue weighted by atomic mass is 10.0. The average molecular weight is 241 g/mol. The highest BCUT2D eigenvalue weighted by Gasteiger charge is 2.09. The summed E-state index contributed by atoms with van der Waals surface area (Å²) in [6, 6.07) is 7.50. The first-order chi connectivity index (χ1) is 8.68. The van der Waals surface area contributed by atoms with Gasteiger partial charge < -0.3 is 5.32 Å². The fourth-order valence-electron chi connectivity index (χ4n) is 1.69. The van der Waals surface area contributed by atoms with E-state index in [1.807, 2.05) is 32.0 Å². The fraction of sp³-hybridized carbons (Fsp3) is 0.214. The van der Waals surface area contributed by atoms with Crippen LogP contribution in [-0.4, -0.2) is 15.9 Å². The van der Waals surface area contributed by atoms with Crippen molar-refractivity contribution in [2.45, 2.75) is 20.4 Å². The molecule has 0 aliphatic heterocycles. The van der Waals surface area contributed by atoms with Gasteiger partial charge >= 0.3 is 0 Å². The number of hydrogen-bond donors (Lipinski definition) is 1. The molecule has 1 amide bonds. The van der Waals surface area contributed by atoms with Gasteiger partial charge in [-0.15, -0.1) is 0 Å². The summed E-state index contributed by atoms with van der Waals surface area (Å²) in [5.41, 5.74) is 3.63. The molecule has 0 bridgehead atoms. The van der Waals surface area contributed by atoms with Gasteiger partial charge in [-0.2, -0.15) is 0 Å². The maximum atomic E-state index is 12.0. The van der Waals surface area contributed by atoms with Crippen molar-refractivity contribution in [2.24, 2.45) is 0 Å². The van der Waals surface area contributed by atoms with Gasteiger partial charge in [0.1, 0.15) is 6.33 Å². The van der Waals surface area contributed by atoms with E-state index < -0.39 is 0 Å². The summed E-state index contributed by atoms with van der Waals surface area (Å²) in [7, 11) is 0. The lowest BCUT2D eigenvalue weighted by Crippen LogP contribution is -2.24. The van der Waals surface area contributed by atoms with Crippen LogP contribution >= 0.6 is 0 Å². The maximum Gasteiger partial charge on any atom is 0.251 e. The van der Waals surface area contributed by atoms with Crippen molar-refractivity contribution in [2.75, 3.05) is 0 Å². The van der Waals surface area contributed by atoms with Gasteiger partial charge in [0.15, 0.2) is 0 Å². The largest absolute Gasteiger partial charge is 0.346 e. The Labute approximate surface area is 106 Å². The Balaban J connectivity index is 2.07. The molecule has 1 aromatic heterocycles. The molecule has 92 valence electrons. The zero-order chi connectivity index (χ0) is 13.0. The third-order valence-corrected chi connectivity index (χ3v) is 2.92. The Hall–Kier alpha value is -2.23. The van der Waals surface area contributed by atoms with Gasteiger partial charge in [-0.05, 0) is 37.1 Å². The summed E-state index contributed by atoms with van der Waals surface area (Å²) in [4.78, 5) is 19.9. The molecular weight excluding hydrogens is 226 g/mol. The zero-order valence-corrected chi connectivity index (χ0v) is 10.5. The fourth-order valence-corrected chi connectivity index (χ4v) is 1.69. The summed E-state index contributed by atoms with van der Waals surface area (Å²) in [6.07, 6.45) is 3.13. The number of amides is 1. The lowest BCUT2D eigenvalue weighted by molar-refractivity contribution is 0.0949. The Morgan fingerprint density at radius 3 is 2.83 bits per heavy atom. The Morgan fingerprint density at radius 1 is 1.28 bits per heavy atom. The monoisotopic (exact) mass is 241 g/mol. The van der Waals surface area contributed by atoms with Crippen molar-refractivity contribution in [1.29, 1.82) is 0 Å². The molecule has 1 N–H and O–H groups in total. The van der Waals surface area contributed by atoms with E-state index in [1.165, 1.54) is 6.33 Å². The van der Waals surface area contributed by atoms with Crippen molar-refractivity contribution < 1.29 is 4.79 Å². The van der Waals surface area contributed by atoms with Crippen LogP contribution in [0, 0.1) is 13.8 Å². The number of carbonyl (C=O) groups excluding carboxylic acids is 1. The topological polar surface area (TPSA) is 54.9 Å². The quantitative estimate of drug-likeness (QED) is 0.894. The molecule has 2 rings (SSSR count). The molecule has 1 aromatic carbocycles. The van der Waals surface area contributed by atoms with Crippen LogP contribution in [0.1, 0.15) is 27.2 Å². The van der Waals surface area contributed by atoms with E-state index >= 15 is 0 Å². The van der Waals surface area contributed by atoms with Crippen molar-refractivity contribution in [1.82, 2.24) is 15.3 Å². The molecular formula is C14H15N3O. The Kier molecular flexibility index (Phi) is 3.67. The van der Waals surface area contributed by atoms with E-state index in [0.717, 1.165) is 16.8 Å². The van der Waals surface area contributed by atoms with Crippen molar-refractivity contribution in [3.05, 3.63) is 59.2 Å². The van der Waals surface area contributed by atoms with Crippen molar-refractivity contribution >= 4 is 5.91 Å². The summed E-state index contributed by atoms with van der Waals surface area (Å²) in [5, 5.41) is 2.85. The minimum Gasteiger partial charge on any atom is -0.346 e. The summed E-state index contributed by atoms with van der Waals surface area (Å²) >= 11 is 0. The van der Waals surface area contributed by atoms with Crippen LogP contribution in [0.15, 0.2) is 36.8 Å². The second-order valence-corrected chi connectivity index (χ2v) is 4.13. The number of benzene rings is 1. The van der Waals surface area contributed by atoms with E-state index in [2.05, 4.69) is 15.3 Å². The van der Waals surface area contributed by atoms with Crippen LogP contribution in [0.4, 0.5) is 0 Å². The minimum absolute atomic E-state index is 0.0742. The summed E-state index contributed by atoms with van der Waals surface area (Å²) in [6.45, 7) is 4.36. The molecule has 0 saturated heterocycles. The third-order valence-electron chi connectivity index (χ3n) is 2.92. The first kappa shape index (κ1) is 12.2. The van der Waals surface area contributed by atoms with Gasteiger partial charge in [-0.1, -0.05) is 12.1 Å². The number of rotatable bonds is 3. The molecule has 4 heteroatoms. The molecule has 0 aliphatic rings. The first-order valence-corrected chi connectivity index (χ1v) is 5.78. The van der Waals surface area contributed by atoms with E-state index in [0.29, 0.717) is 12.1 Å². The lowest BCUT2D eigenvalue weighted by Gasteiger charge is -2.09.